The van der Waals surface area contributed by atoms with E-state index in [9.17, 15) is 4.79 Å². The molecule has 3 heterocycles. The van der Waals surface area contributed by atoms with Crippen LogP contribution >= 0.6 is 15.9 Å². The molecule has 0 unspecified atom stereocenters. The van der Waals surface area contributed by atoms with E-state index >= 15 is 0 Å². The number of halogens is 1. The fourth-order valence-corrected chi connectivity index (χ4v) is 3.37. The number of carbonyl (C=O) groups is 1. The van der Waals surface area contributed by atoms with Crippen molar-refractivity contribution in [2.75, 3.05) is 18.0 Å². The summed E-state index contributed by atoms with van der Waals surface area (Å²) in [6.07, 6.45) is 2.58. The zero-order valence-electron chi connectivity index (χ0n) is 15.7. The smallest absolute Gasteiger partial charge is 0.408 e. The summed E-state index contributed by atoms with van der Waals surface area (Å²) in [6.45, 7) is 8.76. The highest BCUT2D eigenvalue weighted by Crippen LogP contribution is 2.30. The van der Waals surface area contributed by atoms with Gasteiger partial charge < -0.3 is 15.0 Å². The molecular weight excluding hydrogens is 422 g/mol. The minimum atomic E-state index is -0.541. The molecule has 27 heavy (non-hydrogen) atoms. The normalized spacial score (nSPS) is 17.0. The third-order valence-electron chi connectivity index (χ3n) is 4.39. The second-order valence-corrected chi connectivity index (χ2v) is 8.67. The largest absolute Gasteiger partial charge is 0.444 e. The maximum absolute atomic E-state index is 12.1. The molecule has 10 nitrogen and oxygen atoms in total. The van der Waals surface area contributed by atoms with Gasteiger partial charge >= 0.3 is 11.6 Å². The molecule has 1 aliphatic rings. The van der Waals surface area contributed by atoms with Gasteiger partial charge in [0.15, 0.2) is 15.9 Å². The molecule has 2 aromatic rings. The Labute approximate surface area is 164 Å². The number of hydrogen-bond donors (Lipinski definition) is 2. The molecule has 0 atom stereocenters. The van der Waals surface area contributed by atoms with Crippen LogP contribution in [0.3, 0.4) is 0 Å². The highest BCUT2D eigenvalue weighted by molar-refractivity contribution is 9.10. The molecule has 148 valence electrons. The molecule has 0 saturated carbocycles. The van der Waals surface area contributed by atoms with Crippen LogP contribution in [-0.4, -0.2) is 45.7 Å². The fraction of sp³-hybridized carbons (Fsp3) is 0.625. The van der Waals surface area contributed by atoms with Crippen LogP contribution in [-0.2, 0) is 4.74 Å². The molecule has 1 fully saturated rings. The van der Waals surface area contributed by atoms with Crippen LogP contribution in [0.15, 0.2) is 15.3 Å². The van der Waals surface area contributed by atoms with Crippen molar-refractivity contribution in [3.63, 3.8) is 0 Å². The minimum absolute atomic E-state index is 0.384. The van der Waals surface area contributed by atoms with Crippen molar-refractivity contribution < 1.29 is 29.3 Å². The van der Waals surface area contributed by atoms with Gasteiger partial charge in [-0.3, -0.25) is 0 Å². The van der Waals surface area contributed by atoms with Gasteiger partial charge in [-0.15, -0.1) is 4.99 Å². The zero-order valence-corrected chi connectivity index (χ0v) is 17.2. The molecule has 0 aliphatic carbocycles. The standard InChI is InChI=1S/C16H22BrN5O5/c1-15(2,3)25-14(23)19-16(4)5-7-21(8-6-16)13-12-11(10(17)9-18-13)20-26-22(12)27-24/h9H,5-8H2,1-4H3,(H-,19,23,24)/p+1. The maximum Gasteiger partial charge on any atom is 0.408 e. The number of alkyl carbamates (subject to hydrolysis) is 1. The van der Waals surface area contributed by atoms with E-state index in [1.54, 1.807) is 6.20 Å². The number of aromatic nitrogens is 3. The number of nitrogens with zero attached hydrogens (tertiary/aromatic N) is 4. The van der Waals surface area contributed by atoms with Crippen molar-refractivity contribution in [3.05, 3.63) is 10.7 Å². The number of anilines is 1. The third kappa shape index (κ3) is 4.24. The van der Waals surface area contributed by atoms with E-state index in [0.717, 1.165) is 4.90 Å². The summed E-state index contributed by atoms with van der Waals surface area (Å²) < 4.78 is 10.9. The van der Waals surface area contributed by atoms with Gasteiger partial charge in [0, 0.05) is 24.8 Å². The lowest BCUT2D eigenvalue weighted by Crippen LogP contribution is -2.54. The molecule has 0 spiro atoms. The molecule has 0 bridgehead atoms. The monoisotopic (exact) mass is 444 g/mol. The predicted octanol–water partition coefficient (Wildman–Crippen LogP) is 2.06. The Balaban J connectivity index is 1.74. The fourth-order valence-electron chi connectivity index (χ4n) is 3.01. The van der Waals surface area contributed by atoms with Crippen LogP contribution < -0.4 is 20.1 Å². The van der Waals surface area contributed by atoms with Crippen molar-refractivity contribution in [1.82, 2.24) is 15.5 Å². The highest BCUT2D eigenvalue weighted by Gasteiger charge is 2.36. The number of pyridine rings is 1. The Kier molecular flexibility index (Phi) is 5.17. The summed E-state index contributed by atoms with van der Waals surface area (Å²) in [5.41, 5.74) is -0.0315. The van der Waals surface area contributed by atoms with E-state index in [4.69, 9.17) is 14.6 Å². The van der Waals surface area contributed by atoms with Gasteiger partial charge in [-0.25, -0.2) is 9.78 Å². The molecule has 2 aromatic heterocycles. The minimum Gasteiger partial charge on any atom is -0.444 e. The lowest BCUT2D eigenvalue weighted by atomic mass is 9.90. The number of amides is 1. The summed E-state index contributed by atoms with van der Waals surface area (Å²) >= 11 is 3.35. The lowest BCUT2D eigenvalue weighted by molar-refractivity contribution is -1.06. The van der Waals surface area contributed by atoms with Crippen molar-refractivity contribution in [2.45, 2.75) is 51.7 Å². The summed E-state index contributed by atoms with van der Waals surface area (Å²) in [5.74, 6) is 0.572. The van der Waals surface area contributed by atoms with Gasteiger partial charge in [-0.2, -0.15) is 5.26 Å². The SMILES string of the molecule is CC1(NC(=O)OC(C)(C)C)CCN(c2ncc(Br)c3no[n+](OO)c23)CC1. The van der Waals surface area contributed by atoms with Crippen LogP contribution in [0.25, 0.3) is 11.0 Å². The van der Waals surface area contributed by atoms with Crippen molar-refractivity contribution >= 4 is 38.9 Å². The van der Waals surface area contributed by atoms with Crippen LogP contribution in [0.1, 0.15) is 40.5 Å². The molecule has 1 aliphatic heterocycles. The zero-order chi connectivity index (χ0) is 19.8. The second kappa shape index (κ2) is 7.12. The van der Waals surface area contributed by atoms with E-state index in [1.165, 1.54) is 0 Å². The Morgan fingerprint density at radius 3 is 2.70 bits per heavy atom. The van der Waals surface area contributed by atoms with Gasteiger partial charge in [0.2, 0.25) is 0 Å². The van der Waals surface area contributed by atoms with Crippen molar-refractivity contribution in [2.24, 2.45) is 0 Å². The average molecular weight is 445 g/mol. The Morgan fingerprint density at radius 1 is 1.44 bits per heavy atom. The van der Waals surface area contributed by atoms with E-state index in [-0.39, 0.29) is 5.54 Å². The van der Waals surface area contributed by atoms with Gasteiger partial charge in [-0.05, 0) is 61.1 Å². The van der Waals surface area contributed by atoms with Gasteiger partial charge in [-0.1, -0.05) is 0 Å². The molecule has 11 heteroatoms. The van der Waals surface area contributed by atoms with Gasteiger partial charge in [0.25, 0.3) is 5.52 Å². The molecule has 1 amide bonds. The van der Waals surface area contributed by atoms with E-state index < -0.39 is 11.7 Å². The van der Waals surface area contributed by atoms with Crippen molar-refractivity contribution in [3.8, 4) is 0 Å². The number of hydrogen-bond acceptors (Lipinski definition) is 8. The summed E-state index contributed by atoms with van der Waals surface area (Å²) in [5, 5.41) is 15.9. The first kappa shape index (κ1) is 19.6. The lowest BCUT2D eigenvalue weighted by Gasteiger charge is -2.40. The Bertz CT molecular complexity index is 842. The molecule has 0 aromatic carbocycles. The first-order valence-corrected chi connectivity index (χ1v) is 9.36. The number of carbonyl (C=O) groups excluding carboxylic acids is 1. The third-order valence-corrected chi connectivity index (χ3v) is 4.98. The predicted molar refractivity (Wildman–Crippen MR) is 98.1 cm³/mol. The summed E-state index contributed by atoms with van der Waals surface area (Å²) in [6, 6.07) is 0. The first-order chi connectivity index (χ1) is 12.6. The van der Waals surface area contributed by atoms with Crippen LogP contribution in [0.4, 0.5) is 10.6 Å². The molecular formula is C16H23BrN5O5+. The number of ether oxygens (including phenoxy) is 1. The molecule has 2 N–H and O–H groups in total. The van der Waals surface area contributed by atoms with E-state index in [2.05, 4.69) is 36.4 Å². The van der Waals surface area contributed by atoms with Gasteiger partial charge in [0.1, 0.15) is 5.60 Å². The van der Waals surface area contributed by atoms with Gasteiger partial charge in [0.05, 0.1) is 4.47 Å². The highest BCUT2D eigenvalue weighted by atomic mass is 79.9. The number of fused-ring (bicyclic) bond motifs is 1. The Morgan fingerprint density at radius 2 is 2.11 bits per heavy atom. The molecule has 3 rings (SSSR count). The number of nitrogens with one attached hydrogen (secondary N) is 1. The molecule has 1 saturated heterocycles. The summed E-state index contributed by atoms with van der Waals surface area (Å²) in [7, 11) is 0. The van der Waals surface area contributed by atoms with Crippen LogP contribution in [0.2, 0.25) is 0 Å². The average Bonchev–Trinajstić information content (AvgIpc) is 2.99. The first-order valence-electron chi connectivity index (χ1n) is 8.56. The van der Waals surface area contributed by atoms with E-state index in [1.807, 2.05) is 32.6 Å². The maximum atomic E-state index is 12.1. The van der Waals surface area contributed by atoms with Crippen molar-refractivity contribution in [1.29, 1.82) is 0 Å². The van der Waals surface area contributed by atoms with Crippen LogP contribution in [0.5, 0.6) is 0 Å². The Hall–Kier alpha value is -2.14. The summed E-state index contributed by atoms with van der Waals surface area (Å²) in [4.78, 5) is 23.6. The van der Waals surface area contributed by atoms with Crippen LogP contribution in [0, 0.1) is 0 Å². The second-order valence-electron chi connectivity index (χ2n) is 7.81. The topological polar surface area (TPSA) is 114 Å². The number of rotatable bonds is 3. The van der Waals surface area contributed by atoms with E-state index in [0.29, 0.717) is 47.3 Å². The number of piperidine rings is 1. The molecule has 0 radical (unpaired) electrons. The quantitative estimate of drug-likeness (QED) is 0.545.